The Hall–Kier alpha value is -2.07. The highest BCUT2D eigenvalue weighted by Gasteiger charge is 2.13. The summed E-state index contributed by atoms with van der Waals surface area (Å²) in [6.45, 7) is 0. The molecular formula is C13H8ClFN2O. The normalized spacial score (nSPS) is 11.0. The summed E-state index contributed by atoms with van der Waals surface area (Å²) >= 11 is 5.97. The molecular weight excluding hydrogens is 255 g/mol. The van der Waals surface area contributed by atoms with Crippen LogP contribution in [0.15, 0.2) is 36.4 Å². The van der Waals surface area contributed by atoms with Gasteiger partial charge in [-0.1, -0.05) is 17.7 Å². The van der Waals surface area contributed by atoms with Crippen LogP contribution < -0.4 is 0 Å². The SMILES string of the molecule is Oc1ccc2nc(-c3c(F)cccc3Cl)[nH]c2c1. The molecule has 0 radical (unpaired) electrons. The Balaban J connectivity index is 2.26. The predicted octanol–water partition coefficient (Wildman–Crippen LogP) is 3.73. The van der Waals surface area contributed by atoms with Crippen LogP contribution in [0, 0.1) is 5.82 Å². The van der Waals surface area contributed by atoms with Gasteiger partial charge in [0, 0.05) is 6.07 Å². The largest absolute Gasteiger partial charge is 0.508 e. The molecule has 90 valence electrons. The van der Waals surface area contributed by atoms with Crippen molar-refractivity contribution >= 4 is 22.6 Å². The summed E-state index contributed by atoms with van der Waals surface area (Å²) in [6, 6.07) is 9.17. The Morgan fingerprint density at radius 1 is 1.22 bits per heavy atom. The molecule has 0 aliphatic heterocycles. The van der Waals surface area contributed by atoms with Crippen molar-refractivity contribution in [2.24, 2.45) is 0 Å². The molecule has 2 N–H and O–H groups in total. The lowest BCUT2D eigenvalue weighted by atomic mass is 10.2. The van der Waals surface area contributed by atoms with E-state index in [-0.39, 0.29) is 11.3 Å². The number of phenols is 1. The third kappa shape index (κ3) is 1.71. The number of aromatic amines is 1. The standard InChI is InChI=1S/C13H8ClFN2O/c14-8-2-1-3-9(15)12(8)13-16-10-5-4-7(18)6-11(10)17-13/h1-6,18H,(H,16,17). The van der Waals surface area contributed by atoms with E-state index in [1.54, 1.807) is 12.1 Å². The fourth-order valence-electron chi connectivity index (χ4n) is 1.84. The van der Waals surface area contributed by atoms with Crippen molar-refractivity contribution in [2.75, 3.05) is 0 Å². The fourth-order valence-corrected chi connectivity index (χ4v) is 2.09. The average Bonchev–Trinajstić information content (AvgIpc) is 2.71. The highest BCUT2D eigenvalue weighted by molar-refractivity contribution is 6.33. The maximum Gasteiger partial charge on any atom is 0.142 e. The molecule has 0 aliphatic rings. The van der Waals surface area contributed by atoms with E-state index in [1.807, 2.05) is 0 Å². The summed E-state index contributed by atoms with van der Waals surface area (Å²) in [6.07, 6.45) is 0. The predicted molar refractivity (Wildman–Crippen MR) is 68.2 cm³/mol. The highest BCUT2D eigenvalue weighted by atomic mass is 35.5. The number of aromatic hydroxyl groups is 1. The van der Waals surface area contributed by atoms with E-state index in [4.69, 9.17) is 11.6 Å². The van der Waals surface area contributed by atoms with E-state index in [0.717, 1.165) is 0 Å². The molecule has 0 spiro atoms. The van der Waals surface area contributed by atoms with E-state index in [1.165, 1.54) is 24.3 Å². The zero-order chi connectivity index (χ0) is 12.7. The van der Waals surface area contributed by atoms with Gasteiger partial charge in [-0.15, -0.1) is 0 Å². The van der Waals surface area contributed by atoms with Crippen LogP contribution in [-0.4, -0.2) is 15.1 Å². The van der Waals surface area contributed by atoms with Gasteiger partial charge in [0.05, 0.1) is 21.6 Å². The minimum atomic E-state index is -0.439. The Kier molecular flexibility index (Phi) is 2.45. The van der Waals surface area contributed by atoms with E-state index < -0.39 is 5.82 Å². The first-order chi connectivity index (χ1) is 8.65. The van der Waals surface area contributed by atoms with E-state index in [2.05, 4.69) is 9.97 Å². The number of phenolic OH excluding ortho intramolecular Hbond substituents is 1. The molecule has 18 heavy (non-hydrogen) atoms. The first kappa shape index (κ1) is 11.0. The van der Waals surface area contributed by atoms with Gasteiger partial charge in [0.1, 0.15) is 17.4 Å². The molecule has 0 saturated carbocycles. The molecule has 0 aliphatic carbocycles. The molecule has 1 heterocycles. The van der Waals surface area contributed by atoms with Crippen LogP contribution in [0.5, 0.6) is 5.75 Å². The number of rotatable bonds is 1. The molecule has 0 fully saturated rings. The summed E-state index contributed by atoms with van der Waals surface area (Å²) in [5.74, 6) is 0.0295. The lowest BCUT2D eigenvalue weighted by Gasteiger charge is -2.01. The Bertz CT molecular complexity index is 719. The first-order valence-corrected chi connectivity index (χ1v) is 5.66. The number of nitrogens with one attached hydrogen (secondary N) is 1. The smallest absolute Gasteiger partial charge is 0.142 e. The van der Waals surface area contributed by atoms with Gasteiger partial charge >= 0.3 is 0 Å². The third-order valence-corrected chi connectivity index (χ3v) is 2.98. The molecule has 5 heteroatoms. The number of hydrogen-bond donors (Lipinski definition) is 2. The number of hydrogen-bond acceptors (Lipinski definition) is 2. The van der Waals surface area contributed by atoms with Crippen molar-refractivity contribution in [2.45, 2.75) is 0 Å². The summed E-state index contributed by atoms with van der Waals surface area (Å²) in [5.41, 5.74) is 1.50. The monoisotopic (exact) mass is 262 g/mol. The lowest BCUT2D eigenvalue weighted by Crippen LogP contribution is -1.87. The van der Waals surface area contributed by atoms with Crippen LogP contribution in [0.25, 0.3) is 22.4 Å². The van der Waals surface area contributed by atoms with Gasteiger partial charge in [-0.25, -0.2) is 9.37 Å². The summed E-state index contributed by atoms with van der Waals surface area (Å²) in [4.78, 5) is 7.19. The first-order valence-electron chi connectivity index (χ1n) is 5.28. The van der Waals surface area contributed by atoms with Crippen molar-refractivity contribution in [3.63, 3.8) is 0 Å². The molecule has 0 saturated heterocycles. The zero-order valence-corrected chi connectivity index (χ0v) is 9.87. The molecule has 3 nitrogen and oxygen atoms in total. The molecule has 3 rings (SSSR count). The van der Waals surface area contributed by atoms with Gasteiger partial charge in [0.15, 0.2) is 0 Å². The van der Waals surface area contributed by atoms with Crippen molar-refractivity contribution in [1.82, 2.24) is 9.97 Å². The number of nitrogens with zero attached hydrogens (tertiary/aromatic N) is 1. The van der Waals surface area contributed by atoms with Gasteiger partial charge in [0.2, 0.25) is 0 Å². The number of H-pyrrole nitrogens is 1. The minimum Gasteiger partial charge on any atom is -0.508 e. The van der Waals surface area contributed by atoms with E-state index in [0.29, 0.717) is 21.9 Å². The Labute approximate surface area is 107 Å². The number of fused-ring (bicyclic) bond motifs is 1. The van der Waals surface area contributed by atoms with Crippen molar-refractivity contribution in [1.29, 1.82) is 0 Å². The van der Waals surface area contributed by atoms with Gasteiger partial charge in [0.25, 0.3) is 0 Å². The third-order valence-electron chi connectivity index (χ3n) is 2.67. The van der Waals surface area contributed by atoms with Crippen LogP contribution >= 0.6 is 11.6 Å². The number of imidazole rings is 1. The number of halogens is 2. The molecule has 0 bridgehead atoms. The fraction of sp³-hybridized carbons (Fsp3) is 0. The van der Waals surface area contributed by atoms with Crippen molar-refractivity contribution < 1.29 is 9.50 Å². The minimum absolute atomic E-state index is 0.123. The molecule has 3 aromatic rings. The second-order valence-electron chi connectivity index (χ2n) is 3.88. The highest BCUT2D eigenvalue weighted by Crippen LogP contribution is 2.30. The Morgan fingerprint density at radius 3 is 2.83 bits per heavy atom. The van der Waals surface area contributed by atoms with Crippen LogP contribution in [-0.2, 0) is 0 Å². The molecule has 0 atom stereocenters. The van der Waals surface area contributed by atoms with Crippen LogP contribution in [0.4, 0.5) is 4.39 Å². The molecule has 2 aromatic carbocycles. The van der Waals surface area contributed by atoms with E-state index >= 15 is 0 Å². The van der Waals surface area contributed by atoms with Crippen molar-refractivity contribution in [3.8, 4) is 17.1 Å². The second-order valence-corrected chi connectivity index (χ2v) is 4.29. The van der Waals surface area contributed by atoms with Crippen LogP contribution in [0.2, 0.25) is 5.02 Å². The quantitative estimate of drug-likeness (QED) is 0.702. The maximum atomic E-state index is 13.8. The average molecular weight is 263 g/mol. The van der Waals surface area contributed by atoms with Crippen molar-refractivity contribution in [3.05, 3.63) is 47.2 Å². The van der Waals surface area contributed by atoms with E-state index in [9.17, 15) is 9.50 Å². The summed E-state index contributed by atoms with van der Waals surface area (Å²) < 4.78 is 13.8. The Morgan fingerprint density at radius 2 is 2.06 bits per heavy atom. The van der Waals surface area contributed by atoms with Gasteiger partial charge in [-0.05, 0) is 24.3 Å². The molecule has 1 aromatic heterocycles. The van der Waals surface area contributed by atoms with Gasteiger partial charge in [-0.2, -0.15) is 0 Å². The molecule has 0 unspecified atom stereocenters. The van der Waals surface area contributed by atoms with Crippen LogP contribution in [0.3, 0.4) is 0 Å². The lowest BCUT2D eigenvalue weighted by molar-refractivity contribution is 0.476. The summed E-state index contributed by atoms with van der Waals surface area (Å²) in [5, 5.41) is 9.66. The zero-order valence-electron chi connectivity index (χ0n) is 9.11. The maximum absolute atomic E-state index is 13.8. The number of benzene rings is 2. The number of aromatic nitrogens is 2. The van der Waals surface area contributed by atoms with Crippen LogP contribution in [0.1, 0.15) is 0 Å². The summed E-state index contributed by atoms with van der Waals surface area (Å²) in [7, 11) is 0. The van der Waals surface area contributed by atoms with Gasteiger partial charge in [-0.3, -0.25) is 0 Å². The second kappa shape index (κ2) is 3.99. The molecule has 0 amide bonds. The topological polar surface area (TPSA) is 48.9 Å². The van der Waals surface area contributed by atoms with Gasteiger partial charge < -0.3 is 10.1 Å².